The Bertz CT molecular complexity index is 362. The fourth-order valence-electron chi connectivity index (χ4n) is 2.05. The van der Waals surface area contributed by atoms with E-state index in [4.69, 9.17) is 4.98 Å². The van der Waals surface area contributed by atoms with E-state index >= 15 is 0 Å². The molecule has 0 unspecified atom stereocenters. The van der Waals surface area contributed by atoms with E-state index in [1.807, 2.05) is 18.4 Å². The summed E-state index contributed by atoms with van der Waals surface area (Å²) in [6, 6.07) is 0. The monoisotopic (exact) mass is 284 g/mol. The average Bonchev–Trinajstić information content (AvgIpc) is 2.78. The second-order valence-corrected chi connectivity index (χ2v) is 6.05. The molecule has 0 saturated carbocycles. The first-order valence-corrected chi connectivity index (χ1v) is 7.96. The molecule has 0 fully saturated rings. The number of thiazole rings is 1. The van der Waals surface area contributed by atoms with Crippen LogP contribution >= 0.6 is 11.3 Å². The van der Waals surface area contributed by atoms with E-state index in [-0.39, 0.29) is 0 Å². The number of rotatable bonds is 9. The Balaban J connectivity index is 2.69. The van der Waals surface area contributed by atoms with Crippen molar-refractivity contribution < 1.29 is 0 Å². The summed E-state index contributed by atoms with van der Waals surface area (Å²) < 4.78 is 0. The zero-order valence-corrected chi connectivity index (χ0v) is 13.8. The van der Waals surface area contributed by atoms with Gasteiger partial charge in [-0.15, -0.1) is 11.3 Å². The fourth-order valence-corrected chi connectivity index (χ4v) is 3.30. The molecular weight excluding hydrogens is 256 g/mol. The minimum Gasteiger partial charge on any atom is -0.348 e. The number of hydrogen-bond donors (Lipinski definition) is 1. The minimum atomic E-state index is 0.927. The van der Waals surface area contributed by atoms with Crippen LogP contribution in [0.1, 0.15) is 30.8 Å². The quantitative estimate of drug-likeness (QED) is 0.753. The fraction of sp³-hybridized carbons (Fsp3) is 0.786. The maximum Gasteiger partial charge on any atom is 0.185 e. The Kier molecular flexibility index (Phi) is 7.34. The highest BCUT2D eigenvalue weighted by Crippen LogP contribution is 2.26. The molecule has 0 saturated heterocycles. The van der Waals surface area contributed by atoms with Crippen molar-refractivity contribution in [1.82, 2.24) is 15.2 Å². The molecule has 5 heteroatoms. The molecule has 1 rings (SSSR count). The average molecular weight is 284 g/mol. The highest BCUT2D eigenvalue weighted by atomic mass is 32.1. The molecule has 0 aliphatic carbocycles. The molecule has 19 heavy (non-hydrogen) atoms. The van der Waals surface area contributed by atoms with E-state index in [2.05, 4.69) is 43.1 Å². The van der Waals surface area contributed by atoms with Gasteiger partial charge in [0.2, 0.25) is 0 Å². The Morgan fingerprint density at radius 2 is 1.95 bits per heavy atom. The van der Waals surface area contributed by atoms with Gasteiger partial charge >= 0.3 is 0 Å². The van der Waals surface area contributed by atoms with Crippen LogP contribution in [0.4, 0.5) is 5.13 Å². The number of nitrogens with one attached hydrogen (secondary N) is 1. The summed E-state index contributed by atoms with van der Waals surface area (Å²) in [5, 5.41) is 4.42. The van der Waals surface area contributed by atoms with Gasteiger partial charge in [0.1, 0.15) is 0 Å². The van der Waals surface area contributed by atoms with Gasteiger partial charge in [-0.25, -0.2) is 4.98 Å². The molecule has 1 aromatic heterocycles. The van der Waals surface area contributed by atoms with Crippen LogP contribution in [0.5, 0.6) is 0 Å². The summed E-state index contributed by atoms with van der Waals surface area (Å²) in [6.45, 7) is 8.57. The van der Waals surface area contributed by atoms with Gasteiger partial charge in [0, 0.05) is 24.5 Å². The van der Waals surface area contributed by atoms with Crippen LogP contribution in [0.2, 0.25) is 0 Å². The highest BCUT2D eigenvalue weighted by molar-refractivity contribution is 7.15. The normalized spacial score (nSPS) is 11.3. The molecule has 0 amide bonds. The van der Waals surface area contributed by atoms with Crippen LogP contribution in [0.15, 0.2) is 0 Å². The van der Waals surface area contributed by atoms with Gasteiger partial charge in [-0.1, -0.05) is 6.92 Å². The molecule has 0 aromatic carbocycles. The van der Waals surface area contributed by atoms with Gasteiger partial charge < -0.3 is 15.1 Å². The van der Waals surface area contributed by atoms with E-state index in [0.717, 1.165) is 32.6 Å². The molecule has 1 heterocycles. The van der Waals surface area contributed by atoms with Crippen molar-refractivity contribution in [3.63, 3.8) is 0 Å². The maximum absolute atomic E-state index is 4.81. The van der Waals surface area contributed by atoms with Gasteiger partial charge in [0.15, 0.2) is 5.13 Å². The Morgan fingerprint density at radius 1 is 1.21 bits per heavy atom. The topological polar surface area (TPSA) is 31.4 Å². The molecule has 0 aliphatic rings. The molecule has 0 atom stereocenters. The largest absolute Gasteiger partial charge is 0.348 e. The third-order valence-corrected chi connectivity index (χ3v) is 4.28. The Morgan fingerprint density at radius 3 is 2.47 bits per heavy atom. The second-order valence-electron chi connectivity index (χ2n) is 4.99. The predicted molar refractivity (Wildman–Crippen MR) is 85.3 cm³/mol. The van der Waals surface area contributed by atoms with Gasteiger partial charge in [-0.3, -0.25) is 0 Å². The highest BCUT2D eigenvalue weighted by Gasteiger charge is 2.13. The maximum atomic E-state index is 4.81. The molecule has 0 spiro atoms. The standard InChI is InChI=1S/C14H28N4S/c1-6-12-13(11-15-3)19-14(16-12)18(7-2)10-8-9-17(4)5/h15H,6-11H2,1-5H3. The lowest BCUT2D eigenvalue weighted by Gasteiger charge is -2.20. The number of aromatic nitrogens is 1. The van der Waals surface area contributed by atoms with Gasteiger partial charge in [-0.2, -0.15) is 0 Å². The van der Waals surface area contributed by atoms with Crippen molar-refractivity contribution >= 4 is 16.5 Å². The summed E-state index contributed by atoms with van der Waals surface area (Å²) in [7, 11) is 6.24. The lowest BCUT2D eigenvalue weighted by Crippen LogP contribution is -2.26. The van der Waals surface area contributed by atoms with Crippen LogP contribution in [-0.4, -0.2) is 50.7 Å². The first kappa shape index (κ1) is 16.4. The van der Waals surface area contributed by atoms with Crippen LogP contribution in [0.3, 0.4) is 0 Å². The second kappa shape index (κ2) is 8.51. The van der Waals surface area contributed by atoms with Crippen LogP contribution in [0, 0.1) is 0 Å². The minimum absolute atomic E-state index is 0.927. The van der Waals surface area contributed by atoms with Crippen LogP contribution in [0.25, 0.3) is 0 Å². The lowest BCUT2D eigenvalue weighted by atomic mass is 10.3. The molecule has 4 nitrogen and oxygen atoms in total. The predicted octanol–water partition coefficient (Wildman–Crippen LogP) is 2.20. The van der Waals surface area contributed by atoms with E-state index in [1.165, 1.54) is 22.1 Å². The van der Waals surface area contributed by atoms with Crippen molar-refractivity contribution in [3.8, 4) is 0 Å². The first-order valence-electron chi connectivity index (χ1n) is 7.15. The van der Waals surface area contributed by atoms with Crippen molar-refractivity contribution in [2.24, 2.45) is 0 Å². The molecule has 0 aliphatic heterocycles. The Labute approximate surface area is 121 Å². The Hall–Kier alpha value is -0.650. The van der Waals surface area contributed by atoms with Crippen molar-refractivity contribution in [3.05, 3.63) is 10.6 Å². The summed E-state index contributed by atoms with van der Waals surface area (Å²) in [4.78, 5) is 10.8. The third-order valence-electron chi connectivity index (χ3n) is 3.12. The molecular formula is C14H28N4S. The zero-order chi connectivity index (χ0) is 14.3. The van der Waals surface area contributed by atoms with Crippen LogP contribution in [-0.2, 0) is 13.0 Å². The lowest BCUT2D eigenvalue weighted by molar-refractivity contribution is 0.400. The number of aryl methyl sites for hydroxylation is 1. The van der Waals surface area contributed by atoms with Gasteiger partial charge in [0.25, 0.3) is 0 Å². The van der Waals surface area contributed by atoms with Crippen LogP contribution < -0.4 is 10.2 Å². The van der Waals surface area contributed by atoms with Gasteiger partial charge in [-0.05, 0) is 47.5 Å². The number of hydrogen-bond acceptors (Lipinski definition) is 5. The van der Waals surface area contributed by atoms with E-state index < -0.39 is 0 Å². The third kappa shape index (κ3) is 5.09. The zero-order valence-electron chi connectivity index (χ0n) is 13.0. The number of nitrogens with zero attached hydrogens (tertiary/aromatic N) is 3. The van der Waals surface area contributed by atoms with E-state index in [0.29, 0.717) is 0 Å². The smallest absolute Gasteiger partial charge is 0.185 e. The molecule has 0 radical (unpaired) electrons. The SMILES string of the molecule is CCc1nc(N(CC)CCCN(C)C)sc1CNC. The summed E-state index contributed by atoms with van der Waals surface area (Å²) >= 11 is 1.84. The van der Waals surface area contributed by atoms with E-state index in [1.54, 1.807) is 0 Å². The summed E-state index contributed by atoms with van der Waals surface area (Å²) in [6.07, 6.45) is 2.20. The molecule has 1 aromatic rings. The number of anilines is 1. The van der Waals surface area contributed by atoms with E-state index in [9.17, 15) is 0 Å². The molecule has 1 N–H and O–H groups in total. The summed E-state index contributed by atoms with van der Waals surface area (Å²) in [5.41, 5.74) is 1.25. The summed E-state index contributed by atoms with van der Waals surface area (Å²) in [5.74, 6) is 0. The van der Waals surface area contributed by atoms with Crippen molar-refractivity contribution in [2.45, 2.75) is 33.2 Å². The van der Waals surface area contributed by atoms with Gasteiger partial charge in [0.05, 0.1) is 5.69 Å². The molecule has 110 valence electrons. The molecule has 0 bridgehead atoms. The first-order chi connectivity index (χ1) is 9.12. The van der Waals surface area contributed by atoms with Crippen molar-refractivity contribution in [2.75, 3.05) is 45.7 Å². The van der Waals surface area contributed by atoms with Crippen molar-refractivity contribution in [1.29, 1.82) is 0 Å².